The van der Waals surface area contributed by atoms with Gasteiger partial charge >= 0.3 is 5.97 Å². The van der Waals surface area contributed by atoms with E-state index in [1.165, 1.54) is 31.4 Å². The molecule has 1 aliphatic rings. The van der Waals surface area contributed by atoms with Gasteiger partial charge in [-0.15, -0.1) is 0 Å². The van der Waals surface area contributed by atoms with Gasteiger partial charge in [-0.25, -0.2) is 13.2 Å². The van der Waals surface area contributed by atoms with Crippen molar-refractivity contribution in [1.82, 2.24) is 0 Å². The summed E-state index contributed by atoms with van der Waals surface area (Å²) in [5.74, 6) is -0.740. The van der Waals surface area contributed by atoms with Crippen LogP contribution in [0.2, 0.25) is 0 Å². The summed E-state index contributed by atoms with van der Waals surface area (Å²) in [7, 11) is -2.10. The number of hydrogen-bond donors (Lipinski definition) is 0. The Balaban J connectivity index is 2.28. The number of ether oxygens (including phenoxy) is 1. The molecule has 1 aromatic rings. The van der Waals surface area contributed by atoms with Crippen LogP contribution in [0, 0.1) is 11.3 Å². The van der Waals surface area contributed by atoms with Crippen LogP contribution in [-0.2, 0) is 24.2 Å². The molecule has 0 saturated heterocycles. The summed E-state index contributed by atoms with van der Waals surface area (Å²) in [6, 6.07) is 7.48. The van der Waals surface area contributed by atoms with E-state index in [2.05, 4.69) is 14.7 Å². The van der Waals surface area contributed by atoms with Crippen LogP contribution in [-0.4, -0.2) is 39.1 Å². The van der Waals surface area contributed by atoms with Gasteiger partial charge in [-0.2, -0.15) is 5.26 Å². The van der Waals surface area contributed by atoms with E-state index in [9.17, 15) is 13.2 Å². The first-order valence-corrected chi connectivity index (χ1v) is 8.05. The zero-order valence-electron chi connectivity index (χ0n) is 11.9. The Kier molecular flexibility index (Phi) is 4.78. The van der Waals surface area contributed by atoms with Gasteiger partial charge in [-0.3, -0.25) is 0 Å². The Morgan fingerprint density at radius 1 is 1.36 bits per heavy atom. The number of carbonyl (C=O) groups is 1. The van der Waals surface area contributed by atoms with Gasteiger partial charge in [0.15, 0.2) is 15.5 Å². The van der Waals surface area contributed by atoms with Gasteiger partial charge in [0.2, 0.25) is 6.61 Å². The number of methoxy groups -OCH3 is 1. The number of esters is 1. The molecule has 0 amide bonds. The Bertz CT molecular complexity index is 727. The minimum atomic E-state index is -3.29. The molecule has 0 unspecified atom stereocenters. The second kappa shape index (κ2) is 6.58. The number of benzene rings is 1. The molecule has 0 heterocycles. The summed E-state index contributed by atoms with van der Waals surface area (Å²) < 4.78 is 28.8. The minimum Gasteiger partial charge on any atom is -0.464 e. The fourth-order valence-electron chi connectivity index (χ4n) is 1.80. The van der Waals surface area contributed by atoms with Crippen LogP contribution >= 0.6 is 0 Å². The first-order valence-electron chi connectivity index (χ1n) is 6.50. The van der Waals surface area contributed by atoms with E-state index in [1.54, 1.807) is 6.07 Å². The first kappa shape index (κ1) is 16.0. The molecule has 0 spiro atoms. The summed E-state index contributed by atoms with van der Waals surface area (Å²) in [4.78, 5) is 16.6. The Morgan fingerprint density at radius 3 is 2.50 bits per heavy atom. The van der Waals surface area contributed by atoms with E-state index in [0.717, 1.165) is 0 Å². The predicted molar refractivity (Wildman–Crippen MR) is 76.8 cm³/mol. The monoisotopic (exact) mass is 322 g/mol. The van der Waals surface area contributed by atoms with Gasteiger partial charge in [-0.05, 0) is 25.0 Å². The molecule has 0 atom stereocenters. The van der Waals surface area contributed by atoms with Crippen LogP contribution < -0.4 is 0 Å². The van der Waals surface area contributed by atoms with Crippen molar-refractivity contribution in [2.75, 3.05) is 13.7 Å². The molecule has 2 rings (SSSR count). The van der Waals surface area contributed by atoms with Gasteiger partial charge < -0.3 is 9.57 Å². The molecular weight excluding hydrogens is 308 g/mol. The molecule has 8 heteroatoms. The lowest BCUT2D eigenvalue weighted by atomic mass is 10.1. The Morgan fingerprint density at radius 2 is 2.00 bits per heavy atom. The Hall–Kier alpha value is -2.40. The number of carbonyl (C=O) groups excluding carboxylic acids is 1. The molecule has 1 saturated carbocycles. The molecule has 116 valence electrons. The van der Waals surface area contributed by atoms with Gasteiger partial charge in [0, 0.05) is 5.56 Å². The van der Waals surface area contributed by atoms with Crippen molar-refractivity contribution in [1.29, 1.82) is 5.26 Å². The smallest absolute Gasteiger partial charge is 0.360 e. The number of nitriles is 1. The first-order chi connectivity index (χ1) is 10.5. The topological polar surface area (TPSA) is 106 Å². The van der Waals surface area contributed by atoms with E-state index in [1.807, 2.05) is 0 Å². The quantitative estimate of drug-likeness (QED) is 0.335. The standard InChI is InChI=1S/C14H14N2O5S/c1-20-14(17)13(16-21-9-8-15)10-2-4-11(5-3-10)22(18,19)12-6-7-12/h2-5,12H,6-7,9H2,1H3/b16-13+. The van der Waals surface area contributed by atoms with Crippen LogP contribution in [0.3, 0.4) is 0 Å². The van der Waals surface area contributed by atoms with Crippen molar-refractivity contribution in [3.8, 4) is 6.07 Å². The summed E-state index contributed by atoms with van der Waals surface area (Å²) in [6.07, 6.45) is 1.36. The van der Waals surface area contributed by atoms with Crippen molar-refractivity contribution in [3.63, 3.8) is 0 Å². The summed E-state index contributed by atoms with van der Waals surface area (Å²) in [5, 5.41) is 11.7. The fourth-order valence-corrected chi connectivity index (χ4v) is 3.46. The summed E-state index contributed by atoms with van der Waals surface area (Å²) in [6.45, 7) is -0.311. The van der Waals surface area contributed by atoms with Crippen molar-refractivity contribution >= 4 is 21.5 Å². The molecule has 0 aromatic heterocycles. The van der Waals surface area contributed by atoms with E-state index >= 15 is 0 Å². The third-order valence-electron chi connectivity index (χ3n) is 3.08. The molecule has 1 aromatic carbocycles. The highest BCUT2D eigenvalue weighted by molar-refractivity contribution is 7.92. The molecule has 0 N–H and O–H groups in total. The van der Waals surface area contributed by atoms with Gasteiger partial charge in [0.1, 0.15) is 6.07 Å². The molecule has 1 fully saturated rings. The molecule has 22 heavy (non-hydrogen) atoms. The highest BCUT2D eigenvalue weighted by Crippen LogP contribution is 2.33. The van der Waals surface area contributed by atoms with Crippen LogP contribution in [0.1, 0.15) is 18.4 Å². The highest BCUT2D eigenvalue weighted by Gasteiger charge is 2.36. The van der Waals surface area contributed by atoms with E-state index < -0.39 is 15.8 Å². The van der Waals surface area contributed by atoms with E-state index in [4.69, 9.17) is 5.26 Å². The van der Waals surface area contributed by atoms with Crippen molar-refractivity contribution < 1.29 is 22.8 Å². The average Bonchev–Trinajstić information content (AvgIpc) is 3.36. The number of sulfone groups is 1. The third kappa shape index (κ3) is 3.43. The molecule has 0 aliphatic heterocycles. The van der Waals surface area contributed by atoms with Crippen LogP contribution in [0.15, 0.2) is 34.3 Å². The predicted octanol–water partition coefficient (Wildman–Crippen LogP) is 1.04. The molecule has 0 radical (unpaired) electrons. The number of nitrogens with zero attached hydrogens (tertiary/aromatic N) is 2. The van der Waals surface area contributed by atoms with Crippen LogP contribution in [0.4, 0.5) is 0 Å². The second-order valence-corrected chi connectivity index (χ2v) is 6.86. The van der Waals surface area contributed by atoms with Gasteiger partial charge in [0.05, 0.1) is 17.3 Å². The van der Waals surface area contributed by atoms with E-state index in [0.29, 0.717) is 18.4 Å². The maximum Gasteiger partial charge on any atom is 0.360 e. The average molecular weight is 322 g/mol. The largest absolute Gasteiger partial charge is 0.464 e. The number of hydrogen-bond acceptors (Lipinski definition) is 7. The Labute approximate surface area is 128 Å². The zero-order valence-corrected chi connectivity index (χ0v) is 12.7. The normalized spacial score (nSPS) is 15.0. The summed E-state index contributed by atoms with van der Waals surface area (Å²) in [5.41, 5.74) is 0.215. The maximum absolute atomic E-state index is 12.1. The van der Waals surface area contributed by atoms with Crippen molar-refractivity contribution in [2.45, 2.75) is 23.0 Å². The van der Waals surface area contributed by atoms with Crippen LogP contribution in [0.5, 0.6) is 0 Å². The van der Waals surface area contributed by atoms with Crippen molar-refractivity contribution in [3.05, 3.63) is 29.8 Å². The summed E-state index contributed by atoms with van der Waals surface area (Å²) >= 11 is 0. The molecule has 7 nitrogen and oxygen atoms in total. The third-order valence-corrected chi connectivity index (χ3v) is 5.36. The fraction of sp³-hybridized carbons (Fsp3) is 0.357. The van der Waals surface area contributed by atoms with Gasteiger partial charge in [0.25, 0.3) is 0 Å². The maximum atomic E-state index is 12.1. The molecule has 0 bridgehead atoms. The lowest BCUT2D eigenvalue weighted by molar-refractivity contribution is -0.132. The SMILES string of the molecule is COC(=O)/C(=N/OCC#N)c1ccc(S(=O)(=O)C2CC2)cc1. The lowest BCUT2D eigenvalue weighted by Gasteiger charge is -2.06. The zero-order chi connectivity index (χ0) is 16.2. The van der Waals surface area contributed by atoms with Crippen molar-refractivity contribution in [2.24, 2.45) is 5.16 Å². The second-order valence-electron chi connectivity index (χ2n) is 4.63. The molecule has 1 aliphatic carbocycles. The number of oxime groups is 1. The highest BCUT2D eigenvalue weighted by atomic mass is 32.2. The van der Waals surface area contributed by atoms with E-state index in [-0.39, 0.29) is 22.5 Å². The lowest BCUT2D eigenvalue weighted by Crippen LogP contribution is -2.18. The molecular formula is C14H14N2O5S. The van der Waals surface area contributed by atoms with Crippen LogP contribution in [0.25, 0.3) is 0 Å². The number of rotatable bonds is 6. The van der Waals surface area contributed by atoms with Gasteiger partial charge in [-0.1, -0.05) is 17.3 Å². The minimum absolute atomic E-state index is 0.131.